The Labute approximate surface area is 176 Å². The number of rotatable bonds is 4. The molecule has 2 aromatic rings. The van der Waals surface area contributed by atoms with Crippen LogP contribution in [0.2, 0.25) is 0 Å². The van der Waals surface area contributed by atoms with Crippen LogP contribution in [0.5, 0.6) is 0 Å². The van der Waals surface area contributed by atoms with Crippen molar-refractivity contribution < 1.29 is 23.5 Å². The zero-order chi connectivity index (χ0) is 21.3. The van der Waals surface area contributed by atoms with Gasteiger partial charge in [-0.2, -0.15) is 0 Å². The molecule has 4 rings (SSSR count). The van der Waals surface area contributed by atoms with Gasteiger partial charge in [0.15, 0.2) is 0 Å². The molecule has 1 N–H and O–H groups in total. The monoisotopic (exact) mass is 429 g/mol. The summed E-state index contributed by atoms with van der Waals surface area (Å²) >= 11 is 6.09. The van der Waals surface area contributed by atoms with Crippen molar-refractivity contribution in [1.82, 2.24) is 4.90 Å². The highest BCUT2D eigenvalue weighted by atomic mass is 35.5. The third-order valence-electron chi connectivity index (χ3n) is 4.80. The molecule has 3 amide bonds. The van der Waals surface area contributed by atoms with E-state index in [2.05, 4.69) is 5.32 Å². The van der Waals surface area contributed by atoms with E-state index in [4.69, 9.17) is 16.3 Å². The highest BCUT2D eigenvalue weighted by Crippen LogP contribution is 2.31. The molecule has 2 aromatic carbocycles. The van der Waals surface area contributed by atoms with Gasteiger partial charge in [0, 0.05) is 24.3 Å². The van der Waals surface area contributed by atoms with Crippen molar-refractivity contribution in [2.24, 2.45) is 0 Å². The topological polar surface area (TPSA) is 79.0 Å². The number of nitrogens with one attached hydrogen (secondary N) is 1. The first kappa shape index (κ1) is 20.1. The molecule has 7 nitrogen and oxygen atoms in total. The second kappa shape index (κ2) is 8.25. The summed E-state index contributed by atoms with van der Waals surface area (Å²) < 4.78 is 19.4. The Morgan fingerprint density at radius 1 is 1.03 bits per heavy atom. The summed E-state index contributed by atoms with van der Waals surface area (Å²) in [4.78, 5) is 40.3. The number of morpholine rings is 1. The molecular weight excluding hydrogens is 413 g/mol. The van der Waals surface area contributed by atoms with E-state index in [9.17, 15) is 18.8 Å². The lowest BCUT2D eigenvalue weighted by Crippen LogP contribution is -2.40. The minimum absolute atomic E-state index is 0.163. The average molecular weight is 430 g/mol. The van der Waals surface area contributed by atoms with E-state index in [0.29, 0.717) is 42.5 Å². The van der Waals surface area contributed by atoms with Gasteiger partial charge in [-0.1, -0.05) is 29.8 Å². The van der Waals surface area contributed by atoms with Gasteiger partial charge in [-0.25, -0.2) is 9.29 Å². The molecule has 0 aromatic heterocycles. The third kappa shape index (κ3) is 3.67. The number of halogens is 2. The van der Waals surface area contributed by atoms with E-state index in [0.717, 1.165) is 6.07 Å². The van der Waals surface area contributed by atoms with Crippen LogP contribution < -0.4 is 10.2 Å². The first-order valence-electron chi connectivity index (χ1n) is 9.24. The van der Waals surface area contributed by atoms with Gasteiger partial charge in [0.05, 0.1) is 18.9 Å². The molecule has 2 aliphatic rings. The summed E-state index contributed by atoms with van der Waals surface area (Å²) in [6.45, 7) is 1.96. The summed E-state index contributed by atoms with van der Waals surface area (Å²) in [5.74, 6) is -2.48. The van der Waals surface area contributed by atoms with E-state index in [1.165, 1.54) is 18.2 Å². The van der Waals surface area contributed by atoms with Gasteiger partial charge in [0.1, 0.15) is 16.5 Å². The van der Waals surface area contributed by atoms with E-state index >= 15 is 0 Å². The molecule has 0 radical (unpaired) electrons. The quantitative estimate of drug-likeness (QED) is 0.756. The van der Waals surface area contributed by atoms with Crippen molar-refractivity contribution in [3.8, 4) is 0 Å². The molecule has 0 aliphatic carbocycles. The van der Waals surface area contributed by atoms with Crippen LogP contribution in [0.25, 0.3) is 0 Å². The lowest BCUT2D eigenvalue weighted by molar-refractivity contribution is -0.120. The van der Waals surface area contributed by atoms with Crippen LogP contribution in [0.15, 0.2) is 59.3 Å². The van der Waals surface area contributed by atoms with Crippen molar-refractivity contribution in [2.75, 3.05) is 36.5 Å². The van der Waals surface area contributed by atoms with Crippen LogP contribution in [0.1, 0.15) is 10.4 Å². The number of imide groups is 1. The van der Waals surface area contributed by atoms with E-state index in [-0.39, 0.29) is 22.3 Å². The Balaban J connectivity index is 1.57. The summed E-state index contributed by atoms with van der Waals surface area (Å²) in [5.41, 5.74) is 0.458. The fourth-order valence-electron chi connectivity index (χ4n) is 3.29. The van der Waals surface area contributed by atoms with Gasteiger partial charge < -0.3 is 15.0 Å². The summed E-state index contributed by atoms with van der Waals surface area (Å²) in [6.07, 6.45) is 0. The molecule has 154 valence electrons. The van der Waals surface area contributed by atoms with Crippen molar-refractivity contribution in [1.29, 1.82) is 0 Å². The minimum atomic E-state index is -0.824. The van der Waals surface area contributed by atoms with Crippen molar-refractivity contribution in [3.05, 3.63) is 70.6 Å². The molecule has 1 fully saturated rings. The van der Waals surface area contributed by atoms with E-state index in [1.54, 1.807) is 29.2 Å². The van der Waals surface area contributed by atoms with Crippen LogP contribution in [-0.2, 0) is 14.3 Å². The lowest BCUT2D eigenvalue weighted by atomic mass is 10.1. The maximum Gasteiger partial charge on any atom is 0.283 e. The zero-order valence-corrected chi connectivity index (χ0v) is 16.5. The van der Waals surface area contributed by atoms with Gasteiger partial charge in [-0.15, -0.1) is 0 Å². The maximum absolute atomic E-state index is 14.1. The van der Waals surface area contributed by atoms with Gasteiger partial charge in [0.25, 0.3) is 17.7 Å². The Kier molecular flexibility index (Phi) is 5.52. The van der Waals surface area contributed by atoms with Gasteiger partial charge in [-0.3, -0.25) is 14.4 Å². The highest BCUT2D eigenvalue weighted by Gasteiger charge is 2.40. The maximum atomic E-state index is 14.1. The fourth-order valence-corrected chi connectivity index (χ4v) is 3.50. The largest absolute Gasteiger partial charge is 0.378 e. The molecule has 0 saturated carbocycles. The Morgan fingerprint density at radius 3 is 2.50 bits per heavy atom. The van der Waals surface area contributed by atoms with E-state index < -0.39 is 17.6 Å². The number of hydrogen-bond donors (Lipinski definition) is 1. The third-order valence-corrected chi connectivity index (χ3v) is 5.15. The highest BCUT2D eigenvalue weighted by molar-refractivity contribution is 6.53. The number of anilines is 2. The Morgan fingerprint density at radius 2 is 1.77 bits per heavy atom. The molecule has 9 heteroatoms. The number of nitrogens with zero attached hydrogens (tertiary/aromatic N) is 2. The molecule has 1 saturated heterocycles. The van der Waals surface area contributed by atoms with Crippen LogP contribution in [0.4, 0.5) is 15.8 Å². The molecule has 0 unspecified atom stereocenters. The first-order chi connectivity index (χ1) is 14.5. The molecule has 0 bridgehead atoms. The average Bonchev–Trinajstić information content (AvgIpc) is 2.98. The Bertz CT molecular complexity index is 1070. The van der Waals surface area contributed by atoms with Crippen LogP contribution in [0, 0.1) is 5.82 Å². The summed E-state index contributed by atoms with van der Waals surface area (Å²) in [6, 6.07) is 12.0. The predicted octanol–water partition coefficient (Wildman–Crippen LogP) is 2.73. The SMILES string of the molecule is O=C(c1cccc(NC2=C(Cl)C(=O)N(c3ccccc3F)C2=O)c1)N1CCOCC1. The number of amides is 3. The molecular formula is C21H17ClFN3O4. The zero-order valence-electron chi connectivity index (χ0n) is 15.7. The summed E-state index contributed by atoms with van der Waals surface area (Å²) in [5, 5.41) is 2.45. The first-order valence-corrected chi connectivity index (χ1v) is 9.62. The van der Waals surface area contributed by atoms with Crippen LogP contribution in [0.3, 0.4) is 0 Å². The number of para-hydroxylation sites is 1. The van der Waals surface area contributed by atoms with Gasteiger partial charge in [-0.05, 0) is 30.3 Å². The number of carbonyl (C=O) groups excluding carboxylic acids is 3. The molecule has 2 heterocycles. The molecule has 30 heavy (non-hydrogen) atoms. The second-order valence-corrected chi connectivity index (χ2v) is 7.07. The van der Waals surface area contributed by atoms with Gasteiger partial charge >= 0.3 is 0 Å². The Hall–Kier alpha value is -3.23. The minimum Gasteiger partial charge on any atom is -0.378 e. The lowest BCUT2D eigenvalue weighted by Gasteiger charge is -2.27. The number of ether oxygens (including phenoxy) is 1. The van der Waals surface area contributed by atoms with E-state index in [1.807, 2.05) is 0 Å². The second-order valence-electron chi connectivity index (χ2n) is 6.70. The van der Waals surface area contributed by atoms with Crippen LogP contribution in [-0.4, -0.2) is 48.9 Å². The number of carbonyl (C=O) groups is 3. The normalized spacial score (nSPS) is 17.0. The molecule has 0 atom stereocenters. The smallest absolute Gasteiger partial charge is 0.283 e. The fraction of sp³-hybridized carbons (Fsp3) is 0.190. The summed E-state index contributed by atoms with van der Waals surface area (Å²) in [7, 11) is 0. The van der Waals surface area contributed by atoms with Crippen molar-refractivity contribution >= 4 is 40.7 Å². The number of benzene rings is 2. The standard InChI is InChI=1S/C21H17ClFN3O4/c22-17-18(21(29)26(20(17)28)16-7-2-1-6-15(16)23)24-14-5-3-4-13(12-14)19(27)25-8-10-30-11-9-25/h1-7,12,24H,8-11H2. The molecule has 0 spiro atoms. The van der Waals surface area contributed by atoms with Crippen molar-refractivity contribution in [3.63, 3.8) is 0 Å². The van der Waals surface area contributed by atoms with Crippen LogP contribution >= 0.6 is 11.6 Å². The number of hydrogen-bond acceptors (Lipinski definition) is 5. The van der Waals surface area contributed by atoms with Crippen molar-refractivity contribution in [2.45, 2.75) is 0 Å². The predicted molar refractivity (Wildman–Crippen MR) is 109 cm³/mol. The molecule has 2 aliphatic heterocycles. The van der Waals surface area contributed by atoms with Gasteiger partial charge in [0.2, 0.25) is 0 Å².